The highest BCUT2D eigenvalue weighted by molar-refractivity contribution is 9.10. The lowest BCUT2D eigenvalue weighted by molar-refractivity contribution is 0.619. The molecule has 2 aromatic rings. The fraction of sp³-hybridized carbons (Fsp3) is 0.182. The summed E-state index contributed by atoms with van der Waals surface area (Å²) >= 11 is 3.12. The van der Waals surface area contributed by atoms with Crippen molar-refractivity contribution in [1.29, 1.82) is 0 Å². The zero-order valence-corrected chi connectivity index (χ0v) is 10.2. The van der Waals surface area contributed by atoms with E-state index in [2.05, 4.69) is 15.9 Å². The van der Waals surface area contributed by atoms with E-state index in [1.807, 2.05) is 0 Å². The molecule has 0 spiro atoms. The van der Waals surface area contributed by atoms with Crippen molar-refractivity contribution in [2.45, 2.75) is 6.54 Å². The molecule has 1 aromatic carbocycles. The highest BCUT2D eigenvalue weighted by Gasteiger charge is 2.03. The molecular weight excluding hydrogens is 275 g/mol. The third kappa shape index (κ3) is 2.09. The second kappa shape index (κ2) is 4.25. The Kier molecular flexibility index (Phi) is 2.96. The Morgan fingerprint density at radius 2 is 2.12 bits per heavy atom. The van der Waals surface area contributed by atoms with Crippen LogP contribution in [0, 0.1) is 5.82 Å². The molecule has 84 valence electrons. The lowest BCUT2D eigenvalue weighted by Gasteiger charge is -2.03. The number of aromatic nitrogens is 2. The third-order valence-electron chi connectivity index (χ3n) is 2.35. The average Bonchev–Trinajstić information content (AvgIpc) is 2.55. The van der Waals surface area contributed by atoms with Crippen LogP contribution < -0.4 is 5.69 Å². The van der Waals surface area contributed by atoms with Gasteiger partial charge >= 0.3 is 5.69 Å². The Bertz CT molecular complexity index is 574. The summed E-state index contributed by atoms with van der Waals surface area (Å²) in [5, 5.41) is 0. The molecule has 0 saturated carbocycles. The van der Waals surface area contributed by atoms with Gasteiger partial charge in [-0.25, -0.2) is 9.18 Å². The van der Waals surface area contributed by atoms with Crippen molar-refractivity contribution in [3.8, 4) is 0 Å². The maximum atomic E-state index is 13.0. The van der Waals surface area contributed by atoms with E-state index in [4.69, 9.17) is 0 Å². The van der Waals surface area contributed by atoms with Crippen molar-refractivity contribution in [3.05, 3.63) is 56.9 Å². The van der Waals surface area contributed by atoms with Gasteiger partial charge in [0, 0.05) is 19.4 Å². The largest absolute Gasteiger partial charge is 0.328 e. The number of imidazole rings is 1. The number of hydrogen-bond donors (Lipinski definition) is 0. The highest BCUT2D eigenvalue weighted by Crippen LogP contribution is 2.17. The fourth-order valence-corrected chi connectivity index (χ4v) is 1.89. The maximum absolute atomic E-state index is 13.0. The van der Waals surface area contributed by atoms with E-state index in [0.29, 0.717) is 11.0 Å². The predicted octanol–water partition coefficient (Wildman–Crippen LogP) is 2.14. The van der Waals surface area contributed by atoms with Crippen LogP contribution in [0.3, 0.4) is 0 Å². The molecule has 0 atom stereocenters. The molecule has 16 heavy (non-hydrogen) atoms. The summed E-state index contributed by atoms with van der Waals surface area (Å²) in [6.45, 7) is 0.443. The summed E-state index contributed by atoms with van der Waals surface area (Å²) in [6, 6.07) is 4.72. The van der Waals surface area contributed by atoms with Crippen LogP contribution >= 0.6 is 15.9 Å². The van der Waals surface area contributed by atoms with Crippen molar-refractivity contribution < 1.29 is 4.39 Å². The zero-order chi connectivity index (χ0) is 11.7. The molecule has 5 heteroatoms. The van der Waals surface area contributed by atoms with Crippen LogP contribution in [0.4, 0.5) is 4.39 Å². The Balaban J connectivity index is 2.31. The molecule has 1 heterocycles. The van der Waals surface area contributed by atoms with Crippen LogP contribution in [0.2, 0.25) is 0 Å². The molecule has 0 fully saturated rings. The summed E-state index contributed by atoms with van der Waals surface area (Å²) < 4.78 is 16.5. The average molecular weight is 285 g/mol. The van der Waals surface area contributed by atoms with Gasteiger partial charge in [0.15, 0.2) is 0 Å². The molecule has 2 rings (SSSR count). The Morgan fingerprint density at radius 3 is 2.69 bits per heavy atom. The van der Waals surface area contributed by atoms with E-state index >= 15 is 0 Å². The number of hydrogen-bond acceptors (Lipinski definition) is 1. The van der Waals surface area contributed by atoms with Gasteiger partial charge in [-0.1, -0.05) is 6.07 Å². The number of halogens is 2. The topological polar surface area (TPSA) is 26.9 Å². The van der Waals surface area contributed by atoms with Gasteiger partial charge < -0.3 is 4.57 Å². The summed E-state index contributed by atoms with van der Waals surface area (Å²) in [5.74, 6) is -0.302. The second-order valence-corrected chi connectivity index (χ2v) is 4.42. The summed E-state index contributed by atoms with van der Waals surface area (Å²) in [4.78, 5) is 11.6. The van der Waals surface area contributed by atoms with Crippen LogP contribution in [0.5, 0.6) is 0 Å². The molecule has 1 aromatic heterocycles. The zero-order valence-electron chi connectivity index (χ0n) is 8.65. The lowest BCUT2D eigenvalue weighted by atomic mass is 10.2. The Morgan fingerprint density at radius 1 is 1.38 bits per heavy atom. The molecular formula is C11H10BrFN2O. The molecule has 0 aliphatic carbocycles. The Labute approximate surface area is 100 Å². The molecule has 0 radical (unpaired) electrons. The first-order chi connectivity index (χ1) is 7.58. The van der Waals surface area contributed by atoms with Gasteiger partial charge in [-0.2, -0.15) is 0 Å². The minimum Gasteiger partial charge on any atom is -0.302 e. The minimum atomic E-state index is -0.302. The third-order valence-corrected chi connectivity index (χ3v) is 2.96. The van der Waals surface area contributed by atoms with Crippen LogP contribution in [-0.2, 0) is 13.6 Å². The lowest BCUT2D eigenvalue weighted by Crippen LogP contribution is -2.22. The van der Waals surface area contributed by atoms with Gasteiger partial charge in [0.2, 0.25) is 0 Å². The van der Waals surface area contributed by atoms with Gasteiger partial charge in [-0.05, 0) is 33.6 Å². The summed E-state index contributed by atoms with van der Waals surface area (Å²) in [5.41, 5.74) is 0.794. The molecule has 0 bridgehead atoms. The predicted molar refractivity (Wildman–Crippen MR) is 62.9 cm³/mol. The van der Waals surface area contributed by atoms with E-state index in [-0.39, 0.29) is 11.5 Å². The monoisotopic (exact) mass is 284 g/mol. The van der Waals surface area contributed by atoms with Gasteiger partial charge in [0.05, 0.1) is 11.0 Å². The van der Waals surface area contributed by atoms with Crippen LogP contribution in [0.25, 0.3) is 0 Å². The first-order valence-electron chi connectivity index (χ1n) is 4.73. The molecule has 0 aliphatic heterocycles. The molecule has 0 aliphatic rings. The van der Waals surface area contributed by atoms with Gasteiger partial charge in [0.25, 0.3) is 0 Å². The van der Waals surface area contributed by atoms with Crippen molar-refractivity contribution in [1.82, 2.24) is 9.13 Å². The maximum Gasteiger partial charge on any atom is 0.328 e. The van der Waals surface area contributed by atoms with E-state index < -0.39 is 0 Å². The van der Waals surface area contributed by atoms with Crippen molar-refractivity contribution in [3.63, 3.8) is 0 Å². The van der Waals surface area contributed by atoms with Crippen molar-refractivity contribution in [2.24, 2.45) is 7.05 Å². The molecule has 0 amide bonds. The van der Waals surface area contributed by atoms with Crippen LogP contribution in [0.15, 0.2) is 39.9 Å². The highest BCUT2D eigenvalue weighted by atomic mass is 79.9. The van der Waals surface area contributed by atoms with Crippen LogP contribution in [-0.4, -0.2) is 9.13 Å². The SMILES string of the molecule is Cn1ccn(Cc2ccc(F)c(Br)c2)c1=O. The summed E-state index contributed by atoms with van der Waals surface area (Å²) in [7, 11) is 1.69. The number of aryl methyl sites for hydroxylation is 1. The summed E-state index contributed by atoms with van der Waals surface area (Å²) in [6.07, 6.45) is 3.40. The van der Waals surface area contributed by atoms with E-state index in [0.717, 1.165) is 5.56 Å². The van der Waals surface area contributed by atoms with Crippen molar-refractivity contribution in [2.75, 3.05) is 0 Å². The number of benzene rings is 1. The second-order valence-electron chi connectivity index (χ2n) is 3.57. The normalized spacial score (nSPS) is 10.7. The first-order valence-corrected chi connectivity index (χ1v) is 5.53. The minimum absolute atomic E-state index is 0.0829. The first kappa shape index (κ1) is 11.1. The molecule has 3 nitrogen and oxygen atoms in total. The van der Waals surface area contributed by atoms with Gasteiger partial charge in [0.1, 0.15) is 5.82 Å². The number of rotatable bonds is 2. The van der Waals surface area contributed by atoms with E-state index in [1.165, 1.54) is 10.6 Å². The smallest absolute Gasteiger partial charge is 0.302 e. The molecule has 0 unspecified atom stereocenters. The quantitative estimate of drug-likeness (QED) is 0.830. The van der Waals surface area contributed by atoms with Gasteiger partial charge in [-0.15, -0.1) is 0 Å². The fourth-order valence-electron chi connectivity index (χ4n) is 1.47. The molecule has 0 N–H and O–H groups in total. The number of nitrogens with zero attached hydrogens (tertiary/aromatic N) is 2. The Hall–Kier alpha value is -1.36. The van der Waals surface area contributed by atoms with Crippen molar-refractivity contribution >= 4 is 15.9 Å². The standard InChI is InChI=1S/C11H10BrFN2O/c1-14-4-5-15(11(14)16)7-8-2-3-10(13)9(12)6-8/h2-6H,7H2,1H3. The van der Waals surface area contributed by atoms with Crippen LogP contribution in [0.1, 0.15) is 5.56 Å². The van der Waals surface area contributed by atoms with E-state index in [1.54, 1.807) is 36.1 Å². The molecule has 0 saturated heterocycles. The van der Waals surface area contributed by atoms with E-state index in [9.17, 15) is 9.18 Å². The van der Waals surface area contributed by atoms with Gasteiger partial charge in [-0.3, -0.25) is 4.57 Å².